The number of nitrogen functional groups attached to an aromatic ring is 1. The fraction of sp³-hybridized carbons (Fsp3) is 0. The van der Waals surface area contributed by atoms with Crippen molar-refractivity contribution in [1.29, 1.82) is 0 Å². The molecule has 0 aliphatic carbocycles. The first-order chi connectivity index (χ1) is 10.9. The van der Waals surface area contributed by atoms with E-state index >= 15 is 0 Å². The molecule has 3 rings (SSSR count). The number of carboxylic acids is 1. The van der Waals surface area contributed by atoms with Gasteiger partial charge in [-0.1, -0.05) is 18.2 Å². The number of carboxylic acid groups (broad SMARTS) is 1. The van der Waals surface area contributed by atoms with E-state index in [4.69, 9.17) is 5.73 Å². The number of benzene rings is 2. The van der Waals surface area contributed by atoms with Crippen LogP contribution in [0.25, 0.3) is 22.2 Å². The van der Waals surface area contributed by atoms with Gasteiger partial charge in [0.1, 0.15) is 5.56 Å². The molecule has 0 atom stereocenters. The zero-order valence-corrected chi connectivity index (χ0v) is 11.5. The van der Waals surface area contributed by atoms with E-state index in [1.165, 1.54) is 0 Å². The first-order valence-electron chi connectivity index (χ1n) is 6.47. The lowest BCUT2D eigenvalue weighted by atomic mass is 10.0. The minimum atomic E-state index is -1.70. The number of nitrogens with two attached hydrogens (primary N) is 1. The molecule has 0 unspecified atom stereocenters. The summed E-state index contributed by atoms with van der Waals surface area (Å²) in [5.74, 6) is -6.04. The Morgan fingerprint density at radius 2 is 1.74 bits per heavy atom. The van der Waals surface area contributed by atoms with E-state index in [0.29, 0.717) is 17.0 Å². The molecule has 4 nitrogen and oxygen atoms in total. The van der Waals surface area contributed by atoms with Gasteiger partial charge in [0.25, 0.3) is 0 Å². The van der Waals surface area contributed by atoms with Crippen molar-refractivity contribution in [3.8, 4) is 11.3 Å². The zero-order chi connectivity index (χ0) is 16.7. The minimum Gasteiger partial charge on any atom is -0.478 e. The quantitative estimate of drug-likeness (QED) is 0.708. The molecule has 0 aliphatic rings. The van der Waals surface area contributed by atoms with Gasteiger partial charge in [0.2, 0.25) is 0 Å². The molecule has 3 N–H and O–H groups in total. The molecule has 0 aliphatic heterocycles. The molecule has 2 aromatic carbocycles. The molecule has 0 saturated carbocycles. The van der Waals surface area contributed by atoms with E-state index < -0.39 is 34.5 Å². The minimum absolute atomic E-state index is 0.123. The summed E-state index contributed by atoms with van der Waals surface area (Å²) in [5, 5.41) is 9.74. The van der Waals surface area contributed by atoms with Crippen molar-refractivity contribution < 1.29 is 23.1 Å². The van der Waals surface area contributed by atoms with Crippen LogP contribution in [-0.2, 0) is 0 Å². The Bertz CT molecular complexity index is 958. The molecule has 7 heteroatoms. The maximum Gasteiger partial charge on any atom is 0.340 e. The van der Waals surface area contributed by atoms with Crippen molar-refractivity contribution in [2.24, 2.45) is 0 Å². The second kappa shape index (κ2) is 5.28. The van der Waals surface area contributed by atoms with E-state index in [1.54, 1.807) is 24.3 Å². The molecule has 0 radical (unpaired) electrons. The topological polar surface area (TPSA) is 76.2 Å². The van der Waals surface area contributed by atoms with Crippen molar-refractivity contribution >= 4 is 22.6 Å². The standard InChI is InChI=1S/C16H9F3N2O2/c17-9-6-5-8(12(18)13(9)19)15-11(16(22)23)14(20)7-3-1-2-4-10(7)21-15/h1-6H,(H2,20,21)(H,22,23). The van der Waals surface area contributed by atoms with Crippen LogP contribution in [0.3, 0.4) is 0 Å². The molecule has 23 heavy (non-hydrogen) atoms. The van der Waals surface area contributed by atoms with Crippen LogP contribution in [0.15, 0.2) is 36.4 Å². The van der Waals surface area contributed by atoms with E-state index in [2.05, 4.69) is 4.98 Å². The fourth-order valence-corrected chi connectivity index (χ4v) is 2.36. The van der Waals surface area contributed by atoms with Crippen molar-refractivity contribution in [2.75, 3.05) is 5.73 Å². The molecule has 0 amide bonds. The Morgan fingerprint density at radius 1 is 1.04 bits per heavy atom. The third-order valence-corrected chi connectivity index (χ3v) is 3.44. The second-order valence-electron chi connectivity index (χ2n) is 4.79. The van der Waals surface area contributed by atoms with Crippen molar-refractivity contribution in [1.82, 2.24) is 4.98 Å². The smallest absolute Gasteiger partial charge is 0.340 e. The number of carbonyl (C=O) groups is 1. The lowest BCUT2D eigenvalue weighted by molar-refractivity contribution is 0.0698. The summed E-state index contributed by atoms with van der Waals surface area (Å²) in [5.41, 5.74) is 4.76. The van der Waals surface area contributed by atoms with Crippen LogP contribution in [0.4, 0.5) is 18.9 Å². The molecule has 1 heterocycles. The summed E-state index contributed by atoms with van der Waals surface area (Å²) in [7, 11) is 0. The second-order valence-corrected chi connectivity index (χ2v) is 4.79. The third-order valence-electron chi connectivity index (χ3n) is 3.44. The van der Waals surface area contributed by atoms with Gasteiger partial charge in [-0.15, -0.1) is 0 Å². The van der Waals surface area contributed by atoms with E-state index in [-0.39, 0.29) is 11.4 Å². The van der Waals surface area contributed by atoms with Crippen molar-refractivity contribution in [2.45, 2.75) is 0 Å². The highest BCUT2D eigenvalue weighted by molar-refractivity contribution is 6.08. The van der Waals surface area contributed by atoms with E-state index in [9.17, 15) is 23.1 Å². The summed E-state index contributed by atoms with van der Waals surface area (Å²) in [4.78, 5) is 15.6. The molecule has 1 aromatic heterocycles. The van der Waals surface area contributed by atoms with Crippen molar-refractivity contribution in [3.63, 3.8) is 0 Å². The number of para-hydroxylation sites is 1. The number of hydrogen-bond donors (Lipinski definition) is 2. The molecule has 0 fully saturated rings. The molecule has 116 valence electrons. The predicted octanol–water partition coefficient (Wildman–Crippen LogP) is 3.60. The SMILES string of the molecule is Nc1c(C(=O)O)c(-c2ccc(F)c(F)c2F)nc2ccccc12. The average molecular weight is 318 g/mol. The molecule has 0 spiro atoms. The van der Waals surface area contributed by atoms with Gasteiger partial charge in [-0.2, -0.15) is 0 Å². The lowest BCUT2D eigenvalue weighted by Gasteiger charge is -2.12. The number of rotatable bonds is 2. The number of anilines is 1. The van der Waals surface area contributed by atoms with Crippen LogP contribution in [0.1, 0.15) is 10.4 Å². The van der Waals surface area contributed by atoms with E-state index in [0.717, 1.165) is 6.07 Å². The van der Waals surface area contributed by atoms with Gasteiger partial charge in [0.15, 0.2) is 17.5 Å². The number of aromatic carboxylic acids is 1. The monoisotopic (exact) mass is 318 g/mol. The molecular weight excluding hydrogens is 309 g/mol. The van der Waals surface area contributed by atoms with Crippen LogP contribution in [0.2, 0.25) is 0 Å². The zero-order valence-electron chi connectivity index (χ0n) is 11.5. The predicted molar refractivity (Wildman–Crippen MR) is 78.4 cm³/mol. The number of nitrogens with zero attached hydrogens (tertiary/aromatic N) is 1. The third kappa shape index (κ3) is 2.26. The first kappa shape index (κ1) is 14.8. The van der Waals surface area contributed by atoms with Gasteiger partial charge < -0.3 is 10.8 Å². The summed E-state index contributed by atoms with van der Waals surface area (Å²) < 4.78 is 40.6. The van der Waals surface area contributed by atoms with Gasteiger partial charge in [-0.05, 0) is 18.2 Å². The lowest BCUT2D eigenvalue weighted by Crippen LogP contribution is -2.09. The van der Waals surface area contributed by atoms with E-state index in [1.807, 2.05) is 0 Å². The number of fused-ring (bicyclic) bond motifs is 1. The van der Waals surface area contributed by atoms with Gasteiger partial charge in [0, 0.05) is 10.9 Å². The highest BCUT2D eigenvalue weighted by Gasteiger charge is 2.24. The van der Waals surface area contributed by atoms with Crippen LogP contribution >= 0.6 is 0 Å². The average Bonchev–Trinajstić information content (AvgIpc) is 2.52. The molecular formula is C16H9F3N2O2. The fourth-order valence-electron chi connectivity index (χ4n) is 2.36. The van der Waals surface area contributed by atoms with Gasteiger partial charge in [-0.3, -0.25) is 0 Å². The summed E-state index contributed by atoms with van der Waals surface area (Å²) in [6, 6.07) is 8.03. The molecule has 3 aromatic rings. The Morgan fingerprint density at radius 3 is 2.43 bits per heavy atom. The Kier molecular flexibility index (Phi) is 3.40. The van der Waals surface area contributed by atoms with Crippen molar-refractivity contribution in [3.05, 3.63) is 59.4 Å². The van der Waals surface area contributed by atoms with Gasteiger partial charge in [-0.25, -0.2) is 22.9 Å². The number of aromatic nitrogens is 1. The highest BCUT2D eigenvalue weighted by Crippen LogP contribution is 2.34. The van der Waals surface area contributed by atoms with Crippen LogP contribution < -0.4 is 5.73 Å². The number of hydrogen-bond acceptors (Lipinski definition) is 3. The molecule has 0 saturated heterocycles. The first-order valence-corrected chi connectivity index (χ1v) is 6.47. The van der Waals surface area contributed by atoms with Gasteiger partial charge >= 0.3 is 5.97 Å². The van der Waals surface area contributed by atoms with Gasteiger partial charge in [0.05, 0.1) is 16.9 Å². The largest absolute Gasteiger partial charge is 0.478 e. The summed E-state index contributed by atoms with van der Waals surface area (Å²) in [6.45, 7) is 0. The normalized spacial score (nSPS) is 10.9. The summed E-state index contributed by atoms with van der Waals surface area (Å²) >= 11 is 0. The van der Waals surface area contributed by atoms with Crippen LogP contribution in [-0.4, -0.2) is 16.1 Å². The highest BCUT2D eigenvalue weighted by atomic mass is 19.2. The van der Waals surface area contributed by atoms with Crippen LogP contribution in [0.5, 0.6) is 0 Å². The number of halogens is 3. The summed E-state index contributed by atoms with van der Waals surface area (Å²) in [6.07, 6.45) is 0. The molecule has 0 bridgehead atoms. The van der Waals surface area contributed by atoms with Crippen LogP contribution in [0, 0.1) is 17.5 Å². The Balaban J connectivity index is 2.44. The Labute approximate surface area is 128 Å². The Hall–Kier alpha value is -3.09. The maximum atomic E-state index is 14.0. The maximum absolute atomic E-state index is 14.0. The number of pyridine rings is 1.